The molecule has 0 radical (unpaired) electrons. The fourth-order valence-electron chi connectivity index (χ4n) is 2.16. The lowest BCUT2D eigenvalue weighted by Crippen LogP contribution is -2.16. The summed E-state index contributed by atoms with van der Waals surface area (Å²) in [6.07, 6.45) is 0.234. The molecule has 0 spiro atoms. The number of carbonyl (C=O) groups is 2. The maximum absolute atomic E-state index is 12.3. The fourth-order valence-corrected chi connectivity index (χ4v) is 2.16. The number of nitrogens with one attached hydrogen (secondary N) is 2. The van der Waals surface area contributed by atoms with Crippen molar-refractivity contribution in [3.63, 3.8) is 0 Å². The Bertz CT molecular complexity index is 744. The van der Waals surface area contributed by atoms with Crippen molar-refractivity contribution in [1.29, 1.82) is 0 Å². The molecular weight excluding hydrogens is 322 g/mol. The van der Waals surface area contributed by atoms with Crippen LogP contribution >= 0.6 is 0 Å². The molecule has 7 heteroatoms. The summed E-state index contributed by atoms with van der Waals surface area (Å²) in [5.74, 6) is 0.652. The Morgan fingerprint density at radius 1 is 1.00 bits per heavy atom. The van der Waals surface area contributed by atoms with E-state index >= 15 is 0 Å². The molecular formula is C18H21N3O4. The van der Waals surface area contributed by atoms with E-state index in [4.69, 9.17) is 15.2 Å². The van der Waals surface area contributed by atoms with Crippen molar-refractivity contribution >= 4 is 23.2 Å². The van der Waals surface area contributed by atoms with Gasteiger partial charge in [-0.1, -0.05) is 0 Å². The third kappa shape index (κ3) is 4.95. The summed E-state index contributed by atoms with van der Waals surface area (Å²) in [7, 11) is 3.05. The zero-order chi connectivity index (χ0) is 18.2. The number of rotatable bonds is 7. The van der Waals surface area contributed by atoms with Crippen molar-refractivity contribution in [3.8, 4) is 11.5 Å². The molecule has 0 heterocycles. The minimum atomic E-state index is -0.277. The van der Waals surface area contributed by atoms with Gasteiger partial charge in [0.1, 0.15) is 11.5 Å². The van der Waals surface area contributed by atoms with E-state index in [9.17, 15) is 9.59 Å². The van der Waals surface area contributed by atoms with Gasteiger partial charge in [0.2, 0.25) is 5.91 Å². The van der Waals surface area contributed by atoms with Crippen molar-refractivity contribution in [1.82, 2.24) is 0 Å². The van der Waals surface area contributed by atoms with Crippen LogP contribution in [0.4, 0.5) is 11.4 Å². The number of amides is 2. The minimum Gasteiger partial charge on any atom is -0.497 e. The van der Waals surface area contributed by atoms with Gasteiger partial charge < -0.3 is 25.8 Å². The highest BCUT2D eigenvalue weighted by Crippen LogP contribution is 2.28. The van der Waals surface area contributed by atoms with Gasteiger partial charge in [0.25, 0.3) is 5.91 Å². The number of nitrogens with two attached hydrogens (primary N) is 1. The quantitative estimate of drug-likeness (QED) is 0.715. The Balaban J connectivity index is 2.12. The minimum absolute atomic E-state index is 0.181. The number of ether oxygens (including phenoxy) is 2. The van der Waals surface area contributed by atoms with Gasteiger partial charge in [0.15, 0.2) is 0 Å². The van der Waals surface area contributed by atoms with Crippen LogP contribution in [0, 0.1) is 0 Å². The van der Waals surface area contributed by atoms with Crippen LogP contribution in [0.2, 0.25) is 0 Å². The third-order valence-corrected chi connectivity index (χ3v) is 3.46. The molecule has 0 aliphatic rings. The van der Waals surface area contributed by atoms with Crippen LogP contribution in [0.1, 0.15) is 16.8 Å². The van der Waals surface area contributed by atoms with E-state index in [1.165, 1.54) is 7.11 Å². The van der Waals surface area contributed by atoms with Gasteiger partial charge in [-0.15, -0.1) is 0 Å². The number of methoxy groups -OCH3 is 2. The molecule has 7 nitrogen and oxygen atoms in total. The Morgan fingerprint density at radius 2 is 1.72 bits per heavy atom. The lowest BCUT2D eigenvalue weighted by molar-refractivity contribution is -0.116. The molecule has 132 valence electrons. The summed E-state index contributed by atoms with van der Waals surface area (Å²) in [5, 5.41) is 5.50. The van der Waals surface area contributed by atoms with Crippen LogP contribution in [-0.4, -0.2) is 32.6 Å². The summed E-state index contributed by atoms with van der Waals surface area (Å²) >= 11 is 0. The van der Waals surface area contributed by atoms with Gasteiger partial charge in [0.05, 0.1) is 19.9 Å². The van der Waals surface area contributed by atoms with E-state index in [1.807, 2.05) is 0 Å². The average molecular weight is 343 g/mol. The monoisotopic (exact) mass is 343 g/mol. The van der Waals surface area contributed by atoms with E-state index in [2.05, 4.69) is 10.6 Å². The van der Waals surface area contributed by atoms with E-state index in [1.54, 1.807) is 49.6 Å². The number of hydrogen-bond acceptors (Lipinski definition) is 5. The van der Waals surface area contributed by atoms with Crippen molar-refractivity contribution in [2.75, 3.05) is 31.4 Å². The molecule has 0 fully saturated rings. The second kappa shape index (κ2) is 8.70. The summed E-state index contributed by atoms with van der Waals surface area (Å²) in [6.45, 7) is 0.277. The molecule has 0 bridgehead atoms. The standard InChI is InChI=1S/C18H21N3O4/c1-24-14-6-3-12(4-7-14)18(23)21-15-8-5-13(11-16(15)25-2)20-17(22)9-10-19/h3-8,11H,9-10,19H2,1-2H3,(H,20,22)(H,21,23). The lowest BCUT2D eigenvalue weighted by atomic mass is 10.2. The van der Waals surface area contributed by atoms with Crippen molar-refractivity contribution in [2.45, 2.75) is 6.42 Å². The zero-order valence-electron chi connectivity index (χ0n) is 14.2. The van der Waals surface area contributed by atoms with E-state index in [0.29, 0.717) is 28.4 Å². The second-order valence-electron chi connectivity index (χ2n) is 5.18. The second-order valence-corrected chi connectivity index (χ2v) is 5.18. The van der Waals surface area contributed by atoms with Gasteiger partial charge in [-0.3, -0.25) is 9.59 Å². The van der Waals surface area contributed by atoms with Crippen LogP contribution in [0.15, 0.2) is 42.5 Å². The first-order chi connectivity index (χ1) is 12.1. The molecule has 4 N–H and O–H groups in total. The molecule has 0 aromatic heterocycles. The molecule has 0 aliphatic carbocycles. The molecule has 2 rings (SSSR count). The SMILES string of the molecule is COc1ccc(C(=O)Nc2ccc(NC(=O)CCN)cc2OC)cc1. The maximum Gasteiger partial charge on any atom is 0.255 e. The number of carbonyl (C=O) groups excluding carboxylic acids is 2. The number of hydrogen-bond donors (Lipinski definition) is 3. The van der Waals surface area contributed by atoms with Crippen molar-refractivity contribution < 1.29 is 19.1 Å². The predicted octanol–water partition coefficient (Wildman–Crippen LogP) is 2.24. The van der Waals surface area contributed by atoms with Crippen LogP contribution in [-0.2, 0) is 4.79 Å². The van der Waals surface area contributed by atoms with Crippen LogP contribution < -0.4 is 25.8 Å². The first-order valence-corrected chi connectivity index (χ1v) is 7.70. The first kappa shape index (κ1) is 18.3. The van der Waals surface area contributed by atoms with Crippen LogP contribution in [0.3, 0.4) is 0 Å². The van der Waals surface area contributed by atoms with Crippen molar-refractivity contribution in [3.05, 3.63) is 48.0 Å². The van der Waals surface area contributed by atoms with Gasteiger partial charge in [-0.25, -0.2) is 0 Å². The molecule has 25 heavy (non-hydrogen) atoms. The molecule has 2 aromatic rings. The van der Waals surface area contributed by atoms with Crippen molar-refractivity contribution in [2.24, 2.45) is 5.73 Å². The van der Waals surface area contributed by atoms with E-state index in [-0.39, 0.29) is 24.8 Å². The maximum atomic E-state index is 12.3. The molecule has 0 saturated heterocycles. The van der Waals surface area contributed by atoms with Gasteiger partial charge >= 0.3 is 0 Å². The Labute approximate surface area is 146 Å². The Morgan fingerprint density at radius 3 is 2.32 bits per heavy atom. The Kier molecular flexibility index (Phi) is 6.36. The average Bonchev–Trinajstić information content (AvgIpc) is 2.63. The summed E-state index contributed by atoms with van der Waals surface area (Å²) in [5.41, 5.74) is 6.91. The largest absolute Gasteiger partial charge is 0.497 e. The molecule has 2 amide bonds. The highest BCUT2D eigenvalue weighted by atomic mass is 16.5. The lowest BCUT2D eigenvalue weighted by Gasteiger charge is -2.13. The normalized spacial score (nSPS) is 10.0. The summed E-state index contributed by atoms with van der Waals surface area (Å²) in [6, 6.07) is 11.7. The van der Waals surface area contributed by atoms with Gasteiger partial charge in [-0.2, -0.15) is 0 Å². The molecule has 0 atom stereocenters. The number of anilines is 2. The molecule has 0 unspecified atom stereocenters. The molecule has 2 aromatic carbocycles. The fraction of sp³-hybridized carbons (Fsp3) is 0.222. The first-order valence-electron chi connectivity index (χ1n) is 7.70. The summed E-state index contributed by atoms with van der Waals surface area (Å²) < 4.78 is 10.4. The number of benzene rings is 2. The topological polar surface area (TPSA) is 103 Å². The van der Waals surface area contributed by atoms with E-state index < -0.39 is 0 Å². The van der Waals surface area contributed by atoms with E-state index in [0.717, 1.165) is 0 Å². The molecule has 0 aliphatic heterocycles. The smallest absolute Gasteiger partial charge is 0.255 e. The Hall–Kier alpha value is -3.06. The highest BCUT2D eigenvalue weighted by Gasteiger charge is 2.11. The summed E-state index contributed by atoms with van der Waals surface area (Å²) in [4.78, 5) is 23.9. The molecule has 0 saturated carbocycles. The van der Waals surface area contributed by atoms with Gasteiger partial charge in [-0.05, 0) is 36.4 Å². The zero-order valence-corrected chi connectivity index (χ0v) is 14.2. The highest BCUT2D eigenvalue weighted by molar-refractivity contribution is 6.05. The van der Waals surface area contributed by atoms with Crippen LogP contribution in [0.5, 0.6) is 11.5 Å². The van der Waals surface area contributed by atoms with Gasteiger partial charge in [0, 0.05) is 30.3 Å². The predicted molar refractivity (Wildman–Crippen MR) is 96.2 cm³/mol. The van der Waals surface area contributed by atoms with Crippen LogP contribution in [0.25, 0.3) is 0 Å². The third-order valence-electron chi connectivity index (χ3n) is 3.46.